The molecule has 4 rings (SSSR count). The smallest absolute Gasteiger partial charge is 0.225 e. The average Bonchev–Trinajstić information content (AvgIpc) is 2.59. The topological polar surface area (TPSA) is 45.7 Å². The predicted octanol–water partition coefficient (Wildman–Crippen LogP) is 1.93. The van der Waals surface area contributed by atoms with Gasteiger partial charge in [0.25, 0.3) is 0 Å². The van der Waals surface area contributed by atoms with Gasteiger partial charge in [-0.15, -0.1) is 0 Å². The molecule has 1 aromatic rings. The number of piperidine rings is 1. The van der Waals surface area contributed by atoms with Crippen molar-refractivity contribution in [2.75, 3.05) is 26.2 Å². The molecule has 3 heterocycles. The van der Waals surface area contributed by atoms with E-state index in [0.29, 0.717) is 11.9 Å². The summed E-state index contributed by atoms with van der Waals surface area (Å²) in [5.74, 6) is 1.37. The van der Waals surface area contributed by atoms with Gasteiger partial charge in [0.05, 0.1) is 18.8 Å². The summed E-state index contributed by atoms with van der Waals surface area (Å²) in [5, 5.41) is 0. The molecule has 2 aliphatic heterocycles. The van der Waals surface area contributed by atoms with Gasteiger partial charge in [-0.2, -0.15) is 0 Å². The number of carbonyl (C=O) groups is 1. The van der Waals surface area contributed by atoms with Gasteiger partial charge < -0.3 is 9.64 Å². The first kappa shape index (κ1) is 16.0. The van der Waals surface area contributed by atoms with Crippen LogP contribution in [-0.2, 0) is 16.1 Å². The molecule has 1 aromatic heterocycles. The van der Waals surface area contributed by atoms with Gasteiger partial charge in [-0.3, -0.25) is 14.7 Å². The van der Waals surface area contributed by atoms with Gasteiger partial charge in [0.2, 0.25) is 5.91 Å². The molecule has 2 saturated heterocycles. The molecule has 2 atom stereocenters. The maximum Gasteiger partial charge on any atom is 0.225 e. The highest BCUT2D eigenvalue weighted by Gasteiger charge is 2.41. The number of hydrogen-bond donors (Lipinski definition) is 0. The third kappa shape index (κ3) is 3.20. The van der Waals surface area contributed by atoms with E-state index in [4.69, 9.17) is 4.74 Å². The third-order valence-electron chi connectivity index (χ3n) is 5.87. The van der Waals surface area contributed by atoms with Crippen LogP contribution in [0.2, 0.25) is 0 Å². The van der Waals surface area contributed by atoms with E-state index in [1.54, 1.807) is 0 Å². The first-order valence-electron chi connectivity index (χ1n) is 9.24. The average molecular weight is 329 g/mol. The number of rotatable bonds is 3. The summed E-state index contributed by atoms with van der Waals surface area (Å²) in [6.07, 6.45) is 7.07. The number of aromatic nitrogens is 1. The second-order valence-electron chi connectivity index (χ2n) is 7.65. The van der Waals surface area contributed by atoms with Gasteiger partial charge in [0.1, 0.15) is 0 Å². The molecule has 0 aromatic carbocycles. The highest BCUT2D eigenvalue weighted by atomic mass is 16.5. The molecular formula is C19H27N3O2. The highest BCUT2D eigenvalue weighted by Crippen LogP contribution is 2.35. The lowest BCUT2D eigenvalue weighted by molar-refractivity contribution is -0.151. The molecule has 0 spiro atoms. The van der Waals surface area contributed by atoms with Crippen LogP contribution in [0.15, 0.2) is 24.5 Å². The number of amides is 1. The summed E-state index contributed by atoms with van der Waals surface area (Å²) < 4.78 is 6.00. The molecule has 24 heavy (non-hydrogen) atoms. The van der Waals surface area contributed by atoms with Crippen LogP contribution in [0.25, 0.3) is 0 Å². The molecule has 5 heteroatoms. The number of ether oxygens (including phenoxy) is 1. The second-order valence-corrected chi connectivity index (χ2v) is 7.65. The summed E-state index contributed by atoms with van der Waals surface area (Å²) in [4.78, 5) is 21.4. The van der Waals surface area contributed by atoms with Crippen LogP contribution >= 0.6 is 0 Å². The van der Waals surface area contributed by atoms with Crippen molar-refractivity contribution in [1.82, 2.24) is 14.8 Å². The van der Waals surface area contributed by atoms with Crippen LogP contribution in [0.4, 0.5) is 0 Å². The van der Waals surface area contributed by atoms with Crippen LogP contribution in [-0.4, -0.2) is 59.1 Å². The lowest BCUT2D eigenvalue weighted by Gasteiger charge is -2.48. The molecular weight excluding hydrogens is 302 g/mol. The van der Waals surface area contributed by atoms with Gasteiger partial charge in [0.15, 0.2) is 0 Å². The minimum absolute atomic E-state index is 0.268. The van der Waals surface area contributed by atoms with E-state index in [1.165, 1.54) is 5.56 Å². The Hall–Kier alpha value is -1.46. The van der Waals surface area contributed by atoms with E-state index in [9.17, 15) is 4.79 Å². The van der Waals surface area contributed by atoms with Gasteiger partial charge in [-0.25, -0.2) is 0 Å². The summed E-state index contributed by atoms with van der Waals surface area (Å²) in [6, 6.07) is 4.47. The fourth-order valence-electron chi connectivity index (χ4n) is 4.42. The monoisotopic (exact) mass is 329 g/mol. The number of carbonyl (C=O) groups excluding carboxylic acids is 1. The lowest BCUT2D eigenvalue weighted by Crippen LogP contribution is -2.61. The molecule has 3 fully saturated rings. The van der Waals surface area contributed by atoms with Crippen molar-refractivity contribution in [1.29, 1.82) is 0 Å². The van der Waals surface area contributed by atoms with Crippen LogP contribution in [0, 0.1) is 11.8 Å². The SMILES string of the molecule is CC1CC(C(=O)N2CC[C@@H]3OCCN(Cc4ccncc4)[C@H]3C2)C1. The zero-order chi connectivity index (χ0) is 16.5. The van der Waals surface area contributed by atoms with E-state index in [0.717, 1.165) is 58.0 Å². The van der Waals surface area contributed by atoms with Crippen molar-refractivity contribution in [3.63, 3.8) is 0 Å². The maximum absolute atomic E-state index is 12.7. The fourth-order valence-corrected chi connectivity index (χ4v) is 4.42. The normalized spacial score (nSPS) is 33.6. The maximum atomic E-state index is 12.7. The molecule has 3 aliphatic rings. The summed E-state index contributed by atoms with van der Waals surface area (Å²) in [7, 11) is 0. The van der Waals surface area contributed by atoms with Gasteiger partial charge in [-0.05, 0) is 42.9 Å². The van der Waals surface area contributed by atoms with E-state index in [2.05, 4.69) is 33.8 Å². The Balaban J connectivity index is 1.42. The van der Waals surface area contributed by atoms with Crippen molar-refractivity contribution >= 4 is 5.91 Å². The molecule has 0 unspecified atom stereocenters. The highest BCUT2D eigenvalue weighted by molar-refractivity contribution is 5.79. The Morgan fingerprint density at radius 3 is 2.83 bits per heavy atom. The van der Waals surface area contributed by atoms with Crippen molar-refractivity contribution < 1.29 is 9.53 Å². The molecule has 1 aliphatic carbocycles. The van der Waals surface area contributed by atoms with Crippen LogP contribution < -0.4 is 0 Å². The van der Waals surface area contributed by atoms with Crippen molar-refractivity contribution in [3.05, 3.63) is 30.1 Å². The fraction of sp³-hybridized carbons (Fsp3) is 0.684. The summed E-state index contributed by atoms with van der Waals surface area (Å²) in [5.41, 5.74) is 1.28. The minimum atomic E-state index is 0.268. The Morgan fingerprint density at radius 2 is 2.08 bits per heavy atom. The van der Waals surface area contributed by atoms with E-state index in [-0.39, 0.29) is 12.0 Å². The number of pyridine rings is 1. The molecule has 0 N–H and O–H groups in total. The van der Waals surface area contributed by atoms with Crippen molar-refractivity contribution in [2.45, 2.75) is 44.9 Å². The largest absolute Gasteiger partial charge is 0.375 e. The first-order valence-corrected chi connectivity index (χ1v) is 9.24. The minimum Gasteiger partial charge on any atom is -0.375 e. The molecule has 0 radical (unpaired) electrons. The molecule has 5 nitrogen and oxygen atoms in total. The van der Waals surface area contributed by atoms with Gasteiger partial charge in [-0.1, -0.05) is 6.92 Å². The Morgan fingerprint density at radius 1 is 1.29 bits per heavy atom. The number of fused-ring (bicyclic) bond motifs is 1. The number of morpholine rings is 1. The Bertz CT molecular complexity index is 573. The first-order chi connectivity index (χ1) is 11.7. The zero-order valence-corrected chi connectivity index (χ0v) is 14.4. The molecule has 1 amide bonds. The van der Waals surface area contributed by atoms with Crippen LogP contribution in [0.1, 0.15) is 31.7 Å². The Kier molecular flexibility index (Phi) is 4.55. The summed E-state index contributed by atoms with van der Waals surface area (Å²) in [6.45, 7) is 6.55. The lowest BCUT2D eigenvalue weighted by atomic mass is 9.75. The number of nitrogens with zero attached hydrogens (tertiary/aromatic N) is 3. The van der Waals surface area contributed by atoms with Crippen molar-refractivity contribution in [2.24, 2.45) is 11.8 Å². The van der Waals surface area contributed by atoms with E-state index in [1.807, 2.05) is 12.4 Å². The standard InChI is InChI=1S/C19H27N3O2/c1-14-10-16(11-14)19(23)22-7-4-18-17(13-22)21(8-9-24-18)12-15-2-5-20-6-3-15/h2-3,5-6,14,16-18H,4,7-13H2,1H3/t14?,16?,17-,18-/m0/s1. The molecule has 1 saturated carbocycles. The Labute approximate surface area is 144 Å². The number of hydrogen-bond acceptors (Lipinski definition) is 4. The van der Waals surface area contributed by atoms with Crippen molar-refractivity contribution in [3.8, 4) is 0 Å². The second kappa shape index (κ2) is 6.81. The van der Waals surface area contributed by atoms with E-state index >= 15 is 0 Å². The molecule has 0 bridgehead atoms. The van der Waals surface area contributed by atoms with Crippen LogP contribution in [0.3, 0.4) is 0 Å². The number of likely N-dealkylation sites (tertiary alicyclic amines) is 1. The van der Waals surface area contributed by atoms with Gasteiger partial charge in [0, 0.05) is 44.5 Å². The zero-order valence-electron chi connectivity index (χ0n) is 14.4. The van der Waals surface area contributed by atoms with Gasteiger partial charge >= 0.3 is 0 Å². The predicted molar refractivity (Wildman–Crippen MR) is 91.3 cm³/mol. The van der Waals surface area contributed by atoms with Crippen LogP contribution in [0.5, 0.6) is 0 Å². The molecule has 130 valence electrons. The quantitative estimate of drug-likeness (QED) is 0.850. The van der Waals surface area contributed by atoms with E-state index < -0.39 is 0 Å². The third-order valence-corrected chi connectivity index (χ3v) is 5.87. The summed E-state index contributed by atoms with van der Waals surface area (Å²) >= 11 is 0.